The Morgan fingerprint density at radius 1 is 1.27 bits per heavy atom. The van der Waals surface area contributed by atoms with Crippen molar-refractivity contribution in [3.8, 4) is 0 Å². The molecule has 0 spiro atoms. The normalized spacial score (nSPS) is 35.4. The molecule has 2 N–H and O–H groups in total. The Morgan fingerprint density at radius 2 is 1.87 bits per heavy atom. The average Bonchev–Trinajstić information content (AvgIpc) is 2.22. The predicted octanol–water partition coefficient (Wildman–Crippen LogP) is 2.01. The highest BCUT2D eigenvalue weighted by atomic mass is 16.7. The van der Waals surface area contributed by atoms with Crippen LogP contribution in [0.4, 0.5) is 0 Å². The highest BCUT2D eigenvalue weighted by Gasteiger charge is 2.46. The maximum absolute atomic E-state index is 5.68. The summed E-state index contributed by atoms with van der Waals surface area (Å²) in [5, 5.41) is 0. The Morgan fingerprint density at radius 3 is 2.33 bits per heavy atom. The van der Waals surface area contributed by atoms with Crippen LogP contribution in [-0.4, -0.2) is 26.6 Å². The van der Waals surface area contributed by atoms with Crippen molar-refractivity contribution >= 4 is 0 Å². The summed E-state index contributed by atoms with van der Waals surface area (Å²) in [4.78, 5) is 0. The van der Waals surface area contributed by atoms with E-state index in [1.807, 2.05) is 0 Å². The van der Waals surface area contributed by atoms with Crippen molar-refractivity contribution in [1.82, 2.24) is 0 Å². The molecule has 0 radical (unpaired) electrons. The second-order valence-corrected chi connectivity index (χ2v) is 4.93. The zero-order valence-electron chi connectivity index (χ0n) is 10.5. The number of hydrogen-bond acceptors (Lipinski definition) is 3. The lowest BCUT2D eigenvalue weighted by molar-refractivity contribution is -0.272. The summed E-state index contributed by atoms with van der Waals surface area (Å²) in [5.74, 6) is 1.30. The minimum Gasteiger partial charge on any atom is -0.353 e. The lowest BCUT2D eigenvalue weighted by Gasteiger charge is -2.47. The van der Waals surface area contributed by atoms with E-state index in [2.05, 4.69) is 13.8 Å². The Bertz CT molecular complexity index is 192. The molecule has 0 aromatic rings. The summed E-state index contributed by atoms with van der Waals surface area (Å²) >= 11 is 0. The molecule has 1 rings (SSSR count). The summed E-state index contributed by atoms with van der Waals surface area (Å²) in [5.41, 5.74) is 5.68. The first-order valence-electron chi connectivity index (χ1n) is 5.90. The molecule has 0 amide bonds. The monoisotopic (exact) mass is 215 g/mol. The van der Waals surface area contributed by atoms with Gasteiger partial charge in [0.05, 0.1) is 0 Å². The molecular weight excluding hydrogens is 190 g/mol. The van der Waals surface area contributed by atoms with E-state index in [0.717, 1.165) is 12.8 Å². The molecule has 0 aromatic carbocycles. The summed E-state index contributed by atoms with van der Waals surface area (Å²) in [7, 11) is 3.50. The van der Waals surface area contributed by atoms with Crippen LogP contribution >= 0.6 is 0 Å². The van der Waals surface area contributed by atoms with Crippen molar-refractivity contribution in [2.24, 2.45) is 23.5 Å². The molecular formula is C12H25NO2. The van der Waals surface area contributed by atoms with Crippen molar-refractivity contribution in [2.75, 3.05) is 20.8 Å². The van der Waals surface area contributed by atoms with Gasteiger partial charge in [-0.3, -0.25) is 0 Å². The molecule has 1 saturated carbocycles. The van der Waals surface area contributed by atoms with Gasteiger partial charge in [0.2, 0.25) is 0 Å². The standard InChI is InChI=1S/C12H25NO2/c1-9-7-10(2)11(5-6-13)12(8-9,14-3)15-4/h9-11H,5-8,13H2,1-4H3. The summed E-state index contributed by atoms with van der Waals surface area (Å²) in [6.07, 6.45) is 3.21. The van der Waals surface area contributed by atoms with Crippen LogP contribution in [0.3, 0.4) is 0 Å². The third-order valence-electron chi connectivity index (χ3n) is 3.83. The molecule has 90 valence electrons. The van der Waals surface area contributed by atoms with Crippen LogP contribution in [0.2, 0.25) is 0 Å². The molecule has 1 aliphatic carbocycles. The van der Waals surface area contributed by atoms with Gasteiger partial charge < -0.3 is 15.2 Å². The molecule has 0 aliphatic heterocycles. The van der Waals surface area contributed by atoms with E-state index in [1.165, 1.54) is 6.42 Å². The van der Waals surface area contributed by atoms with E-state index >= 15 is 0 Å². The minimum atomic E-state index is -0.406. The Labute approximate surface area is 93.3 Å². The smallest absolute Gasteiger partial charge is 0.170 e. The van der Waals surface area contributed by atoms with Crippen LogP contribution in [-0.2, 0) is 9.47 Å². The second kappa shape index (κ2) is 5.28. The Kier molecular flexibility index (Phi) is 4.56. The minimum absolute atomic E-state index is 0.406. The maximum Gasteiger partial charge on any atom is 0.170 e. The SMILES string of the molecule is COC1(OC)CC(C)CC(C)C1CCN. The molecule has 3 unspecified atom stereocenters. The maximum atomic E-state index is 5.68. The third kappa shape index (κ3) is 2.52. The Hall–Kier alpha value is -0.120. The van der Waals surface area contributed by atoms with Gasteiger partial charge in [-0.25, -0.2) is 0 Å². The molecule has 3 atom stereocenters. The number of methoxy groups -OCH3 is 2. The van der Waals surface area contributed by atoms with Gasteiger partial charge in [0, 0.05) is 26.6 Å². The van der Waals surface area contributed by atoms with Gasteiger partial charge in [0.25, 0.3) is 0 Å². The van der Waals surface area contributed by atoms with Crippen LogP contribution in [0.1, 0.15) is 33.1 Å². The van der Waals surface area contributed by atoms with Crippen molar-refractivity contribution in [2.45, 2.75) is 38.9 Å². The first-order chi connectivity index (χ1) is 7.09. The molecule has 0 aromatic heterocycles. The van der Waals surface area contributed by atoms with Gasteiger partial charge in [-0.2, -0.15) is 0 Å². The van der Waals surface area contributed by atoms with Gasteiger partial charge in [-0.15, -0.1) is 0 Å². The van der Waals surface area contributed by atoms with Crippen LogP contribution in [0, 0.1) is 17.8 Å². The quantitative estimate of drug-likeness (QED) is 0.730. The molecule has 0 heterocycles. The Balaban J connectivity index is 2.84. The molecule has 15 heavy (non-hydrogen) atoms. The van der Waals surface area contributed by atoms with Gasteiger partial charge in [0.1, 0.15) is 0 Å². The third-order valence-corrected chi connectivity index (χ3v) is 3.83. The topological polar surface area (TPSA) is 44.5 Å². The molecule has 1 aliphatic rings. The van der Waals surface area contributed by atoms with E-state index in [9.17, 15) is 0 Å². The number of hydrogen-bond donors (Lipinski definition) is 1. The first-order valence-corrected chi connectivity index (χ1v) is 5.90. The van der Waals surface area contributed by atoms with E-state index < -0.39 is 5.79 Å². The van der Waals surface area contributed by atoms with E-state index in [4.69, 9.17) is 15.2 Å². The summed E-state index contributed by atoms with van der Waals surface area (Å²) < 4.78 is 11.3. The average molecular weight is 215 g/mol. The zero-order chi connectivity index (χ0) is 11.5. The highest BCUT2D eigenvalue weighted by Crippen LogP contribution is 2.44. The second-order valence-electron chi connectivity index (χ2n) is 4.93. The molecule has 1 fully saturated rings. The summed E-state index contributed by atoms with van der Waals surface area (Å²) in [6, 6.07) is 0. The number of nitrogens with two attached hydrogens (primary N) is 1. The molecule has 0 bridgehead atoms. The van der Waals surface area contributed by atoms with Crippen LogP contribution in [0.25, 0.3) is 0 Å². The van der Waals surface area contributed by atoms with Gasteiger partial charge >= 0.3 is 0 Å². The van der Waals surface area contributed by atoms with Crippen molar-refractivity contribution in [3.63, 3.8) is 0 Å². The molecule has 0 saturated heterocycles. The van der Waals surface area contributed by atoms with Crippen LogP contribution in [0.5, 0.6) is 0 Å². The van der Waals surface area contributed by atoms with E-state index in [-0.39, 0.29) is 0 Å². The van der Waals surface area contributed by atoms with Gasteiger partial charge in [-0.1, -0.05) is 13.8 Å². The first kappa shape index (κ1) is 12.9. The summed E-state index contributed by atoms with van der Waals surface area (Å²) in [6.45, 7) is 5.25. The fourth-order valence-electron chi connectivity index (χ4n) is 3.19. The lowest BCUT2D eigenvalue weighted by Crippen LogP contribution is -2.50. The predicted molar refractivity (Wildman–Crippen MR) is 61.5 cm³/mol. The lowest BCUT2D eigenvalue weighted by atomic mass is 9.70. The largest absolute Gasteiger partial charge is 0.353 e. The highest BCUT2D eigenvalue weighted by molar-refractivity contribution is 4.90. The van der Waals surface area contributed by atoms with Crippen LogP contribution in [0.15, 0.2) is 0 Å². The fourth-order valence-corrected chi connectivity index (χ4v) is 3.19. The molecule has 3 heteroatoms. The van der Waals surface area contributed by atoms with Crippen molar-refractivity contribution in [3.05, 3.63) is 0 Å². The van der Waals surface area contributed by atoms with Gasteiger partial charge in [-0.05, 0) is 31.2 Å². The van der Waals surface area contributed by atoms with E-state index in [0.29, 0.717) is 24.3 Å². The van der Waals surface area contributed by atoms with Gasteiger partial charge in [0.15, 0.2) is 5.79 Å². The van der Waals surface area contributed by atoms with Crippen molar-refractivity contribution < 1.29 is 9.47 Å². The van der Waals surface area contributed by atoms with E-state index in [1.54, 1.807) is 14.2 Å². The number of rotatable bonds is 4. The van der Waals surface area contributed by atoms with Crippen molar-refractivity contribution in [1.29, 1.82) is 0 Å². The molecule has 3 nitrogen and oxygen atoms in total. The fraction of sp³-hybridized carbons (Fsp3) is 1.00. The zero-order valence-corrected chi connectivity index (χ0v) is 10.5. The number of ether oxygens (including phenoxy) is 2. The van der Waals surface area contributed by atoms with Crippen LogP contribution < -0.4 is 5.73 Å².